The molecule has 4 aromatic rings. The average Bonchev–Trinajstić information content (AvgIpc) is 3.24. The van der Waals surface area contributed by atoms with Crippen molar-refractivity contribution in [2.24, 2.45) is 0 Å². The minimum Gasteiger partial charge on any atom is -0.482 e. The van der Waals surface area contributed by atoms with Crippen molar-refractivity contribution in [2.45, 2.75) is 24.4 Å². The summed E-state index contributed by atoms with van der Waals surface area (Å²) in [6.45, 7) is 2.03. The Balaban J connectivity index is 1.46. The summed E-state index contributed by atoms with van der Waals surface area (Å²) >= 11 is 17.1. The average molecular weight is 592 g/mol. The van der Waals surface area contributed by atoms with Crippen LogP contribution in [0.4, 0.5) is 0 Å². The fourth-order valence-electron chi connectivity index (χ4n) is 3.23. The van der Waals surface area contributed by atoms with Gasteiger partial charge in [-0.05, 0) is 60.5 Å². The molecule has 0 atom stereocenters. The molecule has 10 heteroatoms. The number of rotatable bonds is 9. The third-order valence-corrected chi connectivity index (χ3v) is 7.00. The van der Waals surface area contributed by atoms with E-state index in [9.17, 15) is 4.79 Å². The van der Waals surface area contributed by atoms with Crippen LogP contribution in [0.3, 0.4) is 0 Å². The second-order valence-electron chi connectivity index (χ2n) is 7.63. The molecule has 0 unspecified atom stereocenters. The lowest BCUT2D eigenvalue weighted by Gasteiger charge is -2.12. The van der Waals surface area contributed by atoms with E-state index < -0.39 is 0 Å². The number of aromatic nitrogens is 3. The van der Waals surface area contributed by atoms with Crippen molar-refractivity contribution >= 4 is 56.8 Å². The quantitative estimate of drug-likeness (QED) is 0.221. The van der Waals surface area contributed by atoms with Gasteiger partial charge in [0.15, 0.2) is 17.6 Å². The SMILES string of the molecule is Cc1cccc(-n2c(CNC(=O)COc3ccc(Cl)cc3Cl)nnc2SCc2ccc(Br)cc2)c1. The van der Waals surface area contributed by atoms with Gasteiger partial charge >= 0.3 is 0 Å². The Kier molecular flexibility index (Phi) is 8.73. The van der Waals surface area contributed by atoms with Crippen LogP contribution in [0.2, 0.25) is 10.0 Å². The number of benzene rings is 3. The zero-order valence-electron chi connectivity index (χ0n) is 18.7. The number of nitrogens with zero attached hydrogens (tertiary/aromatic N) is 3. The molecule has 0 saturated heterocycles. The smallest absolute Gasteiger partial charge is 0.258 e. The number of carbonyl (C=O) groups excluding carboxylic acids is 1. The fraction of sp³-hybridized carbons (Fsp3) is 0.160. The lowest BCUT2D eigenvalue weighted by atomic mass is 10.2. The summed E-state index contributed by atoms with van der Waals surface area (Å²) in [5.74, 6) is 1.44. The monoisotopic (exact) mass is 590 g/mol. The zero-order valence-corrected chi connectivity index (χ0v) is 22.6. The Hall–Kier alpha value is -2.52. The van der Waals surface area contributed by atoms with Crippen LogP contribution < -0.4 is 10.1 Å². The van der Waals surface area contributed by atoms with E-state index in [-0.39, 0.29) is 19.1 Å². The van der Waals surface area contributed by atoms with Crippen LogP contribution in [0.25, 0.3) is 5.69 Å². The number of hydrogen-bond donors (Lipinski definition) is 1. The van der Waals surface area contributed by atoms with Gasteiger partial charge in [-0.1, -0.05) is 75.2 Å². The number of ether oxygens (including phenoxy) is 1. The zero-order chi connectivity index (χ0) is 24.8. The summed E-state index contributed by atoms with van der Waals surface area (Å²) in [6.07, 6.45) is 0. The minimum atomic E-state index is -0.307. The summed E-state index contributed by atoms with van der Waals surface area (Å²) in [7, 11) is 0. The Morgan fingerprint density at radius 1 is 1.09 bits per heavy atom. The van der Waals surface area contributed by atoms with E-state index in [2.05, 4.69) is 49.6 Å². The third kappa shape index (κ3) is 7.01. The van der Waals surface area contributed by atoms with Crippen molar-refractivity contribution in [3.8, 4) is 11.4 Å². The lowest BCUT2D eigenvalue weighted by molar-refractivity contribution is -0.123. The topological polar surface area (TPSA) is 69.0 Å². The number of aryl methyl sites for hydroxylation is 1. The molecule has 180 valence electrons. The molecular weight excluding hydrogens is 571 g/mol. The molecule has 0 bridgehead atoms. The molecule has 0 spiro atoms. The molecule has 4 rings (SSSR count). The summed E-state index contributed by atoms with van der Waals surface area (Å²) < 4.78 is 8.52. The predicted molar refractivity (Wildman–Crippen MR) is 144 cm³/mol. The third-order valence-electron chi connectivity index (χ3n) is 4.94. The Labute approximate surface area is 226 Å². The van der Waals surface area contributed by atoms with Gasteiger partial charge in [-0.25, -0.2) is 0 Å². The Bertz CT molecular complexity index is 1330. The van der Waals surface area contributed by atoms with Crippen LogP contribution in [-0.4, -0.2) is 27.3 Å². The molecule has 0 saturated carbocycles. The molecule has 6 nitrogen and oxygen atoms in total. The Morgan fingerprint density at radius 3 is 2.63 bits per heavy atom. The van der Waals surface area contributed by atoms with Gasteiger partial charge in [0.1, 0.15) is 5.75 Å². The second kappa shape index (κ2) is 11.9. The van der Waals surface area contributed by atoms with Crippen molar-refractivity contribution in [2.75, 3.05) is 6.61 Å². The molecule has 0 radical (unpaired) electrons. The maximum atomic E-state index is 12.4. The highest BCUT2D eigenvalue weighted by Crippen LogP contribution is 2.28. The van der Waals surface area contributed by atoms with Gasteiger partial charge in [-0.15, -0.1) is 10.2 Å². The first-order valence-electron chi connectivity index (χ1n) is 10.6. The molecule has 1 amide bonds. The second-order valence-corrected chi connectivity index (χ2v) is 10.3. The molecule has 3 aromatic carbocycles. The van der Waals surface area contributed by atoms with Crippen molar-refractivity contribution in [1.29, 1.82) is 0 Å². The van der Waals surface area contributed by atoms with Crippen molar-refractivity contribution < 1.29 is 9.53 Å². The fourth-order valence-corrected chi connectivity index (χ4v) is 4.88. The van der Waals surface area contributed by atoms with Crippen LogP contribution in [0, 0.1) is 6.92 Å². The van der Waals surface area contributed by atoms with Gasteiger partial charge in [0.25, 0.3) is 5.91 Å². The Morgan fingerprint density at radius 2 is 1.89 bits per heavy atom. The first-order valence-corrected chi connectivity index (χ1v) is 13.2. The highest BCUT2D eigenvalue weighted by atomic mass is 79.9. The highest BCUT2D eigenvalue weighted by Gasteiger charge is 2.16. The molecule has 1 heterocycles. The summed E-state index contributed by atoms with van der Waals surface area (Å²) in [6, 6.07) is 21.1. The van der Waals surface area contributed by atoms with Crippen molar-refractivity contribution in [1.82, 2.24) is 20.1 Å². The van der Waals surface area contributed by atoms with E-state index in [1.165, 1.54) is 5.56 Å². The van der Waals surface area contributed by atoms with Crippen molar-refractivity contribution in [3.05, 3.63) is 98.2 Å². The number of nitrogens with one attached hydrogen (secondary N) is 1. The number of thioether (sulfide) groups is 1. The number of hydrogen-bond acceptors (Lipinski definition) is 5. The maximum absolute atomic E-state index is 12.4. The first-order chi connectivity index (χ1) is 16.9. The van der Waals surface area contributed by atoms with Crippen molar-refractivity contribution in [3.63, 3.8) is 0 Å². The first kappa shape index (κ1) is 25.6. The van der Waals surface area contributed by atoms with E-state index in [1.807, 2.05) is 41.8 Å². The van der Waals surface area contributed by atoms with Gasteiger partial charge in [-0.3, -0.25) is 9.36 Å². The number of amides is 1. The molecule has 1 N–H and O–H groups in total. The highest BCUT2D eigenvalue weighted by molar-refractivity contribution is 9.10. The molecule has 0 aliphatic rings. The number of halogens is 3. The van der Waals surface area contributed by atoms with Gasteiger partial charge < -0.3 is 10.1 Å². The molecule has 0 aliphatic heterocycles. The molecule has 0 aliphatic carbocycles. The van der Waals surface area contributed by atoms with Crippen LogP contribution in [-0.2, 0) is 17.1 Å². The maximum Gasteiger partial charge on any atom is 0.258 e. The van der Waals surface area contributed by atoms with Gasteiger partial charge in [-0.2, -0.15) is 0 Å². The van der Waals surface area contributed by atoms with E-state index in [4.69, 9.17) is 27.9 Å². The summed E-state index contributed by atoms with van der Waals surface area (Å²) in [5.41, 5.74) is 3.22. The van der Waals surface area contributed by atoms with E-state index in [0.717, 1.165) is 26.6 Å². The molecule has 35 heavy (non-hydrogen) atoms. The van der Waals surface area contributed by atoms with Crippen LogP contribution in [0.5, 0.6) is 5.75 Å². The predicted octanol–water partition coefficient (Wildman–Crippen LogP) is 6.63. The normalized spacial score (nSPS) is 10.9. The summed E-state index contributed by atoms with van der Waals surface area (Å²) in [4.78, 5) is 12.4. The molecule has 0 fully saturated rings. The van der Waals surface area contributed by atoms with Crippen LogP contribution in [0.15, 0.2) is 76.4 Å². The van der Waals surface area contributed by atoms with Gasteiger partial charge in [0.05, 0.1) is 11.6 Å². The largest absolute Gasteiger partial charge is 0.482 e. The minimum absolute atomic E-state index is 0.189. The summed E-state index contributed by atoms with van der Waals surface area (Å²) in [5, 5.41) is 13.2. The van der Waals surface area contributed by atoms with E-state index in [1.54, 1.807) is 30.0 Å². The molecular formula is C25H21BrCl2N4O2S. The van der Waals surface area contributed by atoms with Gasteiger partial charge in [0.2, 0.25) is 0 Å². The van der Waals surface area contributed by atoms with Gasteiger partial charge in [0, 0.05) is 20.9 Å². The van der Waals surface area contributed by atoms with Crippen LogP contribution in [0.1, 0.15) is 17.0 Å². The number of carbonyl (C=O) groups is 1. The van der Waals surface area contributed by atoms with E-state index >= 15 is 0 Å². The lowest BCUT2D eigenvalue weighted by Crippen LogP contribution is -2.29. The van der Waals surface area contributed by atoms with Crippen LogP contribution >= 0.6 is 50.9 Å². The molecule has 1 aromatic heterocycles. The standard InChI is InChI=1S/C25H21BrCl2N4O2S/c1-16-3-2-4-20(11-16)32-23(30-31-25(32)35-15-17-5-7-18(26)8-6-17)13-29-24(33)14-34-22-10-9-19(27)12-21(22)28/h2-12H,13-15H2,1H3,(H,29,33). The van der Waals surface area contributed by atoms with E-state index in [0.29, 0.717) is 21.6 Å².